The summed E-state index contributed by atoms with van der Waals surface area (Å²) in [5.74, 6) is -0.161. The quantitative estimate of drug-likeness (QED) is 0.443. The molecule has 9 nitrogen and oxygen atoms in total. The summed E-state index contributed by atoms with van der Waals surface area (Å²) in [5, 5.41) is 3.37. The van der Waals surface area contributed by atoms with Crippen molar-refractivity contribution in [3.05, 3.63) is 53.1 Å². The molecule has 36 heavy (non-hydrogen) atoms. The van der Waals surface area contributed by atoms with Gasteiger partial charge < -0.3 is 19.7 Å². The molecule has 0 spiro atoms. The molecule has 0 bridgehead atoms. The van der Waals surface area contributed by atoms with Crippen LogP contribution in [-0.4, -0.2) is 64.2 Å². The Morgan fingerprint density at radius 2 is 1.72 bits per heavy atom. The van der Waals surface area contributed by atoms with E-state index in [2.05, 4.69) is 5.32 Å². The average molecular weight is 540 g/mol. The van der Waals surface area contributed by atoms with E-state index in [0.717, 1.165) is 17.0 Å². The van der Waals surface area contributed by atoms with Crippen LogP contribution in [0.25, 0.3) is 0 Å². The number of nitrogens with zero attached hydrogens (tertiary/aromatic N) is 2. The second kappa shape index (κ2) is 12.8. The number of hydrogen-bond acceptors (Lipinski definition) is 6. The van der Waals surface area contributed by atoms with Gasteiger partial charge in [-0.1, -0.05) is 30.7 Å². The van der Waals surface area contributed by atoms with E-state index in [1.54, 1.807) is 37.3 Å². The van der Waals surface area contributed by atoms with Gasteiger partial charge in [0.25, 0.3) is 0 Å². The highest BCUT2D eigenvalue weighted by Crippen LogP contribution is 2.32. The molecule has 2 amide bonds. The Labute approximate surface area is 218 Å². The number of halogens is 1. The Hall–Kier alpha value is -2.98. The van der Waals surface area contributed by atoms with E-state index < -0.39 is 28.5 Å². The first kappa shape index (κ1) is 29.3. The number of nitrogens with one attached hydrogen (secondary N) is 1. The summed E-state index contributed by atoms with van der Waals surface area (Å²) >= 11 is 6.12. The Bertz CT molecular complexity index is 1170. The minimum Gasteiger partial charge on any atom is -0.493 e. The van der Waals surface area contributed by atoms with E-state index in [4.69, 9.17) is 21.1 Å². The van der Waals surface area contributed by atoms with Crippen molar-refractivity contribution in [2.24, 2.45) is 0 Å². The number of rotatable bonds is 12. The van der Waals surface area contributed by atoms with Gasteiger partial charge in [0.15, 0.2) is 11.5 Å². The van der Waals surface area contributed by atoms with Gasteiger partial charge in [0, 0.05) is 23.7 Å². The molecule has 0 saturated carbocycles. The van der Waals surface area contributed by atoms with E-state index in [0.29, 0.717) is 22.1 Å². The molecule has 0 saturated heterocycles. The van der Waals surface area contributed by atoms with Gasteiger partial charge in [0.2, 0.25) is 21.8 Å². The van der Waals surface area contributed by atoms with Crippen LogP contribution in [0, 0.1) is 0 Å². The lowest BCUT2D eigenvalue weighted by atomic mass is 10.1. The number of ether oxygens (including phenoxy) is 2. The molecule has 0 fully saturated rings. The van der Waals surface area contributed by atoms with Crippen molar-refractivity contribution in [3.8, 4) is 11.5 Å². The molecule has 0 heterocycles. The third-order valence-corrected chi connectivity index (χ3v) is 7.12. The van der Waals surface area contributed by atoms with Crippen molar-refractivity contribution in [3.63, 3.8) is 0 Å². The van der Waals surface area contributed by atoms with Gasteiger partial charge in [0.1, 0.15) is 12.6 Å². The van der Waals surface area contributed by atoms with Crippen molar-refractivity contribution in [1.29, 1.82) is 0 Å². The summed E-state index contributed by atoms with van der Waals surface area (Å²) in [6, 6.07) is 10.6. The van der Waals surface area contributed by atoms with Crippen molar-refractivity contribution in [1.82, 2.24) is 10.2 Å². The smallest absolute Gasteiger partial charge is 0.244 e. The van der Waals surface area contributed by atoms with Gasteiger partial charge in [-0.2, -0.15) is 0 Å². The monoisotopic (exact) mass is 539 g/mol. The molecular formula is C25H34ClN3O6S. The zero-order chi connectivity index (χ0) is 27.0. The summed E-state index contributed by atoms with van der Waals surface area (Å²) in [7, 11) is -0.972. The summed E-state index contributed by atoms with van der Waals surface area (Å²) in [6.07, 6.45) is 1.74. The van der Waals surface area contributed by atoms with Gasteiger partial charge in [0.05, 0.1) is 26.2 Å². The van der Waals surface area contributed by atoms with Crippen molar-refractivity contribution in [2.45, 2.75) is 45.8 Å². The zero-order valence-electron chi connectivity index (χ0n) is 21.4. The van der Waals surface area contributed by atoms with E-state index in [9.17, 15) is 18.0 Å². The molecule has 11 heteroatoms. The summed E-state index contributed by atoms with van der Waals surface area (Å²) in [4.78, 5) is 27.9. The lowest BCUT2D eigenvalue weighted by Crippen LogP contribution is -2.52. The lowest BCUT2D eigenvalue weighted by molar-refractivity contribution is -0.139. The van der Waals surface area contributed by atoms with E-state index in [-0.39, 0.29) is 24.2 Å². The topological polar surface area (TPSA) is 105 Å². The first-order valence-electron chi connectivity index (χ1n) is 11.4. The number of methoxy groups -OCH3 is 2. The fourth-order valence-corrected chi connectivity index (χ4v) is 4.53. The number of benzene rings is 2. The number of carbonyl (C=O) groups excluding carboxylic acids is 2. The molecule has 2 aromatic rings. The molecule has 0 unspecified atom stereocenters. The van der Waals surface area contributed by atoms with Gasteiger partial charge in [-0.15, -0.1) is 0 Å². The zero-order valence-corrected chi connectivity index (χ0v) is 23.0. The van der Waals surface area contributed by atoms with Crippen LogP contribution in [-0.2, 0) is 26.2 Å². The summed E-state index contributed by atoms with van der Waals surface area (Å²) < 4.78 is 36.9. The number of sulfonamides is 1. The van der Waals surface area contributed by atoms with Crippen molar-refractivity contribution < 1.29 is 27.5 Å². The summed E-state index contributed by atoms with van der Waals surface area (Å²) in [5.41, 5.74) is 0.930. The first-order chi connectivity index (χ1) is 16.9. The molecule has 2 aromatic carbocycles. The second-order valence-electron chi connectivity index (χ2n) is 8.45. The fourth-order valence-electron chi connectivity index (χ4n) is 3.47. The standard InChI is InChI=1S/C25H34ClN3O6S/c1-7-17(2)27-25(31)18(3)28(15-19-9-8-10-20(26)13-19)24(30)16-29(36(6,32)33)21-11-12-22(34-4)23(14-21)35-5/h8-14,17-18H,7,15-16H2,1-6H3,(H,27,31)/t17-,18+/m0/s1. The Kier molecular flexibility index (Phi) is 10.4. The van der Waals surface area contributed by atoms with Crippen LogP contribution >= 0.6 is 11.6 Å². The SMILES string of the molecule is CC[C@H](C)NC(=O)[C@@H](C)N(Cc1cccc(Cl)c1)C(=O)CN(c1ccc(OC)c(OC)c1)S(C)(=O)=O. The Morgan fingerprint density at radius 1 is 1.06 bits per heavy atom. The number of carbonyl (C=O) groups is 2. The molecule has 2 atom stereocenters. The molecular weight excluding hydrogens is 506 g/mol. The molecule has 0 aromatic heterocycles. The maximum atomic E-state index is 13.6. The maximum absolute atomic E-state index is 13.6. The van der Waals surface area contributed by atoms with Crippen LogP contribution in [0.2, 0.25) is 5.02 Å². The highest BCUT2D eigenvalue weighted by atomic mass is 35.5. The predicted octanol–water partition coefficient (Wildman–Crippen LogP) is 3.46. The molecule has 2 rings (SSSR count). The molecule has 0 aliphatic carbocycles. The van der Waals surface area contributed by atoms with Crippen LogP contribution in [0.3, 0.4) is 0 Å². The van der Waals surface area contributed by atoms with Crippen LogP contribution in [0.1, 0.15) is 32.8 Å². The van der Waals surface area contributed by atoms with Gasteiger partial charge in [-0.25, -0.2) is 8.42 Å². The molecule has 198 valence electrons. The number of hydrogen-bond donors (Lipinski definition) is 1. The lowest BCUT2D eigenvalue weighted by Gasteiger charge is -2.32. The molecule has 0 aliphatic rings. The van der Waals surface area contributed by atoms with Gasteiger partial charge >= 0.3 is 0 Å². The first-order valence-corrected chi connectivity index (χ1v) is 13.7. The van der Waals surface area contributed by atoms with Crippen LogP contribution in [0.15, 0.2) is 42.5 Å². The Morgan fingerprint density at radius 3 is 2.28 bits per heavy atom. The van der Waals surface area contributed by atoms with E-state index in [1.165, 1.54) is 31.3 Å². The largest absolute Gasteiger partial charge is 0.493 e. The van der Waals surface area contributed by atoms with Crippen LogP contribution < -0.4 is 19.1 Å². The second-order valence-corrected chi connectivity index (χ2v) is 10.8. The minimum atomic E-state index is -3.87. The minimum absolute atomic E-state index is 0.0675. The highest BCUT2D eigenvalue weighted by Gasteiger charge is 2.30. The van der Waals surface area contributed by atoms with Crippen molar-refractivity contribution >= 4 is 39.1 Å². The fraction of sp³-hybridized carbons (Fsp3) is 0.440. The third-order valence-electron chi connectivity index (χ3n) is 5.74. The Balaban J connectivity index is 2.44. The van der Waals surface area contributed by atoms with E-state index in [1.807, 2.05) is 13.8 Å². The number of anilines is 1. The highest BCUT2D eigenvalue weighted by molar-refractivity contribution is 7.92. The summed E-state index contributed by atoms with van der Waals surface area (Å²) in [6.45, 7) is 4.98. The number of amides is 2. The van der Waals surface area contributed by atoms with Crippen molar-refractivity contribution in [2.75, 3.05) is 31.3 Å². The third kappa shape index (κ3) is 7.76. The van der Waals surface area contributed by atoms with Crippen LogP contribution in [0.5, 0.6) is 11.5 Å². The van der Waals surface area contributed by atoms with E-state index >= 15 is 0 Å². The van der Waals surface area contributed by atoms with Crippen LogP contribution in [0.4, 0.5) is 5.69 Å². The molecule has 1 N–H and O–H groups in total. The van der Waals surface area contributed by atoms with Gasteiger partial charge in [-0.05, 0) is 50.1 Å². The van der Waals surface area contributed by atoms with Gasteiger partial charge in [-0.3, -0.25) is 13.9 Å². The molecule has 0 aliphatic heterocycles. The predicted molar refractivity (Wildman–Crippen MR) is 141 cm³/mol. The average Bonchev–Trinajstić information content (AvgIpc) is 2.83. The normalized spacial score (nSPS) is 12.9. The maximum Gasteiger partial charge on any atom is 0.244 e. The molecule has 0 radical (unpaired) electrons.